The number of rotatable bonds is 3. The van der Waals surface area contributed by atoms with E-state index < -0.39 is 7.92 Å². The van der Waals surface area contributed by atoms with Gasteiger partial charge in [-0.1, -0.05) is 91.0 Å². The molecule has 0 aliphatic heterocycles. The van der Waals surface area contributed by atoms with Crippen molar-refractivity contribution in [3.63, 3.8) is 0 Å². The van der Waals surface area contributed by atoms with Crippen LogP contribution in [0.4, 0.5) is 0 Å². The van der Waals surface area contributed by atoms with E-state index in [4.69, 9.17) is 20.4 Å². The summed E-state index contributed by atoms with van der Waals surface area (Å²) in [5.74, 6) is 0. The van der Waals surface area contributed by atoms with Crippen molar-refractivity contribution in [2.75, 3.05) is 0 Å². The molecule has 0 unspecified atom stereocenters. The van der Waals surface area contributed by atoms with Crippen LogP contribution in [0.1, 0.15) is 0 Å². The van der Waals surface area contributed by atoms with E-state index in [0.717, 1.165) is 0 Å². The average Bonchev–Trinajstić information content (AvgIpc) is 2.59. The zero-order valence-electron chi connectivity index (χ0n) is 11.7. The number of hydrogen-bond donors (Lipinski definition) is 0. The van der Waals surface area contributed by atoms with E-state index in [1.165, 1.54) is 15.9 Å². The van der Waals surface area contributed by atoms with Crippen molar-refractivity contribution in [2.24, 2.45) is 0 Å². The van der Waals surface area contributed by atoms with E-state index in [1.54, 1.807) is 0 Å². The van der Waals surface area contributed by atoms with Crippen LogP contribution in [0.3, 0.4) is 0 Å². The predicted molar refractivity (Wildman–Crippen MR) is 96.9 cm³/mol. The molecule has 0 aliphatic rings. The molecule has 3 aromatic carbocycles. The number of halogens is 2. The van der Waals surface area contributed by atoms with Gasteiger partial charge in [0.1, 0.15) is 0 Å². The van der Waals surface area contributed by atoms with Crippen LogP contribution in [0.15, 0.2) is 91.0 Å². The Bertz CT molecular complexity index is 554. The number of hydrogen-bond acceptors (Lipinski definition) is 0. The van der Waals surface area contributed by atoms with Crippen LogP contribution in [0, 0.1) is 0 Å². The topological polar surface area (TPSA) is 0 Å². The fourth-order valence-electron chi connectivity index (χ4n) is 2.18. The van der Waals surface area contributed by atoms with Crippen LogP contribution in [0.25, 0.3) is 0 Å². The molecular weight excluding hydrogens is 377 g/mol. The minimum absolute atomic E-state index is 0.446. The van der Waals surface area contributed by atoms with Gasteiger partial charge in [0.25, 0.3) is 0 Å². The maximum absolute atomic E-state index is 4.70. The third kappa shape index (κ3) is 5.11. The van der Waals surface area contributed by atoms with Crippen molar-refractivity contribution >= 4 is 44.2 Å². The third-order valence-corrected chi connectivity index (χ3v) is 5.49. The van der Waals surface area contributed by atoms with Gasteiger partial charge in [0.2, 0.25) is 0 Å². The van der Waals surface area contributed by atoms with Gasteiger partial charge >= 0.3 is 33.0 Å². The smallest absolute Gasteiger partial charge is 0.0134 e. The minimum Gasteiger partial charge on any atom is -0.0622 e. The second-order valence-electron chi connectivity index (χ2n) is 4.39. The Morgan fingerprint density at radius 3 is 0.955 bits per heavy atom. The van der Waals surface area contributed by atoms with E-state index in [9.17, 15) is 0 Å². The predicted octanol–water partition coefficient (Wildman–Crippen LogP) is 4.82. The second-order valence-corrected chi connectivity index (χ2v) is 8.24. The maximum Gasteiger partial charge on any atom is -0.0134 e. The largest absolute Gasteiger partial charge is 0.0622 e. The molecule has 0 saturated heterocycles. The first-order valence-corrected chi connectivity index (χ1v) is 10.7. The van der Waals surface area contributed by atoms with Crippen molar-refractivity contribution in [1.82, 2.24) is 0 Å². The van der Waals surface area contributed by atoms with Crippen LogP contribution in [0.2, 0.25) is 0 Å². The van der Waals surface area contributed by atoms with E-state index in [2.05, 4.69) is 91.0 Å². The summed E-state index contributed by atoms with van der Waals surface area (Å²) in [4.78, 5) is 0. The van der Waals surface area contributed by atoms with Crippen molar-refractivity contribution < 1.29 is 12.7 Å². The van der Waals surface area contributed by atoms with Crippen molar-refractivity contribution in [3.05, 3.63) is 91.0 Å². The Kier molecular flexibility index (Phi) is 7.99. The monoisotopic (exact) mass is 390 g/mol. The second kappa shape index (κ2) is 10.0. The van der Waals surface area contributed by atoms with Crippen LogP contribution in [-0.2, 0) is 12.7 Å². The van der Waals surface area contributed by atoms with Crippen molar-refractivity contribution in [3.8, 4) is 0 Å². The molecule has 4 heteroatoms. The summed E-state index contributed by atoms with van der Waals surface area (Å²) < 4.78 is 0. The summed E-state index contributed by atoms with van der Waals surface area (Å²) in [7, 11) is 8.96. The van der Waals surface area contributed by atoms with Crippen molar-refractivity contribution in [1.29, 1.82) is 0 Å². The molecule has 0 aromatic heterocycles. The van der Waals surface area contributed by atoms with Gasteiger partial charge in [-0.25, -0.2) is 0 Å². The van der Waals surface area contributed by atoms with E-state index >= 15 is 0 Å². The Labute approximate surface area is 147 Å². The molecule has 0 fully saturated rings. The zero-order valence-corrected chi connectivity index (χ0v) is 15.1. The van der Waals surface area contributed by atoms with Gasteiger partial charge in [0.15, 0.2) is 0 Å². The molecule has 0 radical (unpaired) electrons. The van der Waals surface area contributed by atoms with Crippen LogP contribution < -0.4 is 15.9 Å². The molecule has 0 saturated carbocycles. The average molecular weight is 392 g/mol. The van der Waals surface area contributed by atoms with Gasteiger partial charge in [-0.05, 0) is 23.8 Å². The van der Waals surface area contributed by atoms with E-state index in [1.807, 2.05) is 0 Å². The summed E-state index contributed by atoms with van der Waals surface area (Å²) in [6.07, 6.45) is 0. The van der Waals surface area contributed by atoms with Crippen LogP contribution in [-0.4, -0.2) is 0 Å². The molecule has 0 heterocycles. The first-order valence-electron chi connectivity index (χ1n) is 6.64. The first kappa shape index (κ1) is 17.5. The normalized spacial score (nSPS) is 10.1. The molecule has 116 valence electrons. The summed E-state index contributed by atoms with van der Waals surface area (Å²) in [5, 5.41) is 4.19. The Balaban J connectivity index is 0.000000545. The van der Waals surface area contributed by atoms with Gasteiger partial charge in [-0.15, -0.1) is 0 Å². The van der Waals surface area contributed by atoms with Crippen molar-refractivity contribution in [2.45, 2.75) is 0 Å². The number of benzene rings is 3. The molecule has 0 atom stereocenters. The molecule has 0 nitrogen and oxygen atoms in total. The molecule has 0 spiro atoms. The van der Waals surface area contributed by atoms with E-state index in [-0.39, 0.29) is 0 Å². The zero-order chi connectivity index (χ0) is 15.6. The van der Waals surface area contributed by atoms with Gasteiger partial charge in [0.05, 0.1) is 0 Å². The van der Waals surface area contributed by atoms with E-state index in [0.29, 0.717) is 12.7 Å². The Morgan fingerprint density at radius 1 is 0.500 bits per heavy atom. The molecular formula is C18H15Cl2NiP. The molecule has 0 aliphatic carbocycles. The molecule has 0 bridgehead atoms. The maximum atomic E-state index is 4.70. The van der Waals surface area contributed by atoms with Crippen LogP contribution >= 0.6 is 28.3 Å². The third-order valence-electron chi connectivity index (χ3n) is 3.04. The quantitative estimate of drug-likeness (QED) is 0.443. The Morgan fingerprint density at radius 2 is 0.727 bits per heavy atom. The molecule has 0 N–H and O–H groups in total. The summed E-state index contributed by atoms with van der Waals surface area (Å²) in [6, 6.07) is 32.3. The summed E-state index contributed by atoms with van der Waals surface area (Å²) in [6.45, 7) is 0. The molecule has 3 rings (SSSR count). The fourth-order valence-corrected chi connectivity index (χ4v) is 4.48. The van der Waals surface area contributed by atoms with Gasteiger partial charge in [-0.3, -0.25) is 0 Å². The van der Waals surface area contributed by atoms with Crippen LogP contribution in [0.5, 0.6) is 0 Å². The SMILES string of the molecule is [Cl][Ni][Cl].c1ccc(P(c2ccccc2)c2ccccc2)cc1. The standard InChI is InChI=1S/C18H15P.2ClH.Ni/c1-4-10-16(11-5-1)19(17-12-6-2-7-13-17)18-14-8-3-9-15-18;;;/h1-15H;2*1H;/q;;;+2/p-2. The van der Waals surface area contributed by atoms with Gasteiger partial charge < -0.3 is 0 Å². The van der Waals surface area contributed by atoms with Gasteiger partial charge in [0, 0.05) is 0 Å². The first-order chi connectivity index (χ1) is 10.9. The fraction of sp³-hybridized carbons (Fsp3) is 0. The summed E-state index contributed by atoms with van der Waals surface area (Å²) >= 11 is 0.569. The molecule has 0 amide bonds. The minimum atomic E-state index is -0.446. The molecule has 22 heavy (non-hydrogen) atoms. The molecule has 3 aromatic rings. The van der Waals surface area contributed by atoms with Gasteiger partial charge in [-0.2, -0.15) is 0 Å². The Hall–Kier alpha value is -0.836. The summed E-state index contributed by atoms with van der Waals surface area (Å²) in [5.41, 5.74) is 0.